The number of hydrogen-bond donors (Lipinski definition) is 1. The van der Waals surface area contributed by atoms with E-state index in [0.29, 0.717) is 17.7 Å². The van der Waals surface area contributed by atoms with E-state index in [0.717, 1.165) is 52.5 Å². The molecule has 0 aromatic carbocycles. The molecule has 0 aliphatic carbocycles. The number of carbonyl (C=O) groups is 1. The highest BCUT2D eigenvalue weighted by atomic mass is 16.5. The number of ether oxygens (including phenoxy) is 1. The van der Waals surface area contributed by atoms with Crippen LogP contribution in [0.5, 0.6) is 0 Å². The molecule has 0 saturated carbocycles. The molecule has 0 bridgehead atoms. The Morgan fingerprint density at radius 2 is 1.85 bits per heavy atom. The molecule has 5 nitrogen and oxygen atoms in total. The summed E-state index contributed by atoms with van der Waals surface area (Å²) in [6.07, 6.45) is 4.38. The SMILES string of the molecule is O=C(CCN1CCC2(CCOCC2)C1)N1CCNCC1. The van der Waals surface area contributed by atoms with Gasteiger partial charge in [0.2, 0.25) is 5.91 Å². The van der Waals surface area contributed by atoms with Crippen LogP contribution < -0.4 is 5.32 Å². The number of rotatable bonds is 3. The molecule has 1 amide bonds. The van der Waals surface area contributed by atoms with Crippen molar-refractivity contribution in [2.45, 2.75) is 25.7 Å². The van der Waals surface area contributed by atoms with E-state index in [9.17, 15) is 4.79 Å². The lowest BCUT2D eigenvalue weighted by atomic mass is 9.80. The van der Waals surface area contributed by atoms with Crippen molar-refractivity contribution in [1.29, 1.82) is 0 Å². The smallest absolute Gasteiger partial charge is 0.223 e. The van der Waals surface area contributed by atoms with Crippen LogP contribution in [0.2, 0.25) is 0 Å². The van der Waals surface area contributed by atoms with Crippen LogP contribution in [-0.4, -0.2) is 74.7 Å². The Kier molecular flexibility index (Phi) is 4.58. The Morgan fingerprint density at radius 3 is 2.60 bits per heavy atom. The fraction of sp³-hybridized carbons (Fsp3) is 0.933. The zero-order valence-electron chi connectivity index (χ0n) is 12.4. The third-order valence-electron chi connectivity index (χ3n) is 5.18. The maximum Gasteiger partial charge on any atom is 0.223 e. The van der Waals surface area contributed by atoms with E-state index in [1.54, 1.807) is 0 Å². The van der Waals surface area contributed by atoms with E-state index in [1.165, 1.54) is 25.8 Å². The summed E-state index contributed by atoms with van der Waals surface area (Å²) in [6, 6.07) is 0. The lowest BCUT2D eigenvalue weighted by Gasteiger charge is -2.33. The van der Waals surface area contributed by atoms with Crippen LogP contribution in [0.4, 0.5) is 0 Å². The third-order valence-corrected chi connectivity index (χ3v) is 5.18. The molecule has 0 atom stereocenters. The molecule has 0 aromatic heterocycles. The van der Waals surface area contributed by atoms with E-state index in [1.807, 2.05) is 4.90 Å². The zero-order valence-corrected chi connectivity index (χ0v) is 12.4. The van der Waals surface area contributed by atoms with Gasteiger partial charge in [-0.2, -0.15) is 0 Å². The van der Waals surface area contributed by atoms with Crippen molar-refractivity contribution in [3.05, 3.63) is 0 Å². The summed E-state index contributed by atoms with van der Waals surface area (Å²) in [6.45, 7) is 8.75. The quantitative estimate of drug-likeness (QED) is 0.809. The lowest BCUT2D eigenvalue weighted by Crippen LogP contribution is -2.47. The Balaban J connectivity index is 1.41. The molecule has 0 aromatic rings. The van der Waals surface area contributed by atoms with Crippen molar-refractivity contribution in [1.82, 2.24) is 15.1 Å². The fourth-order valence-corrected chi connectivity index (χ4v) is 3.76. The molecule has 1 spiro atoms. The average Bonchev–Trinajstić information content (AvgIpc) is 2.89. The van der Waals surface area contributed by atoms with Crippen LogP contribution in [0.25, 0.3) is 0 Å². The number of nitrogens with one attached hydrogen (secondary N) is 1. The van der Waals surface area contributed by atoms with Gasteiger partial charge in [-0.3, -0.25) is 4.79 Å². The second kappa shape index (κ2) is 6.41. The van der Waals surface area contributed by atoms with Gasteiger partial charge in [0.05, 0.1) is 0 Å². The predicted molar refractivity (Wildman–Crippen MR) is 77.6 cm³/mol. The largest absolute Gasteiger partial charge is 0.381 e. The highest BCUT2D eigenvalue weighted by molar-refractivity contribution is 5.76. The van der Waals surface area contributed by atoms with Crippen LogP contribution in [-0.2, 0) is 9.53 Å². The van der Waals surface area contributed by atoms with E-state index < -0.39 is 0 Å². The number of carbonyl (C=O) groups excluding carboxylic acids is 1. The minimum Gasteiger partial charge on any atom is -0.381 e. The third kappa shape index (κ3) is 3.32. The number of hydrogen-bond acceptors (Lipinski definition) is 4. The number of amides is 1. The molecular weight excluding hydrogens is 254 g/mol. The molecule has 3 rings (SSSR count). The highest BCUT2D eigenvalue weighted by Crippen LogP contribution is 2.39. The molecule has 3 saturated heterocycles. The molecule has 1 N–H and O–H groups in total. The van der Waals surface area contributed by atoms with Crippen LogP contribution in [0.3, 0.4) is 0 Å². The lowest BCUT2D eigenvalue weighted by molar-refractivity contribution is -0.132. The zero-order chi connectivity index (χ0) is 13.8. The van der Waals surface area contributed by atoms with Gasteiger partial charge in [0.25, 0.3) is 0 Å². The number of likely N-dealkylation sites (tertiary alicyclic amines) is 1. The summed E-state index contributed by atoms with van der Waals surface area (Å²) >= 11 is 0. The van der Waals surface area contributed by atoms with Gasteiger partial charge in [-0.1, -0.05) is 0 Å². The van der Waals surface area contributed by atoms with Crippen molar-refractivity contribution >= 4 is 5.91 Å². The summed E-state index contributed by atoms with van der Waals surface area (Å²) in [5.41, 5.74) is 0.496. The first-order valence-corrected chi connectivity index (χ1v) is 8.06. The Labute approximate surface area is 121 Å². The number of piperazine rings is 1. The summed E-state index contributed by atoms with van der Waals surface area (Å²) in [5, 5.41) is 3.29. The Morgan fingerprint density at radius 1 is 1.10 bits per heavy atom. The summed E-state index contributed by atoms with van der Waals surface area (Å²) in [4.78, 5) is 16.7. The van der Waals surface area contributed by atoms with Crippen molar-refractivity contribution in [3.8, 4) is 0 Å². The molecule has 3 heterocycles. The van der Waals surface area contributed by atoms with Gasteiger partial charge in [0.15, 0.2) is 0 Å². The van der Waals surface area contributed by atoms with E-state index in [-0.39, 0.29) is 0 Å². The first kappa shape index (κ1) is 14.3. The van der Waals surface area contributed by atoms with Crippen LogP contribution in [0.1, 0.15) is 25.7 Å². The fourth-order valence-electron chi connectivity index (χ4n) is 3.76. The second-order valence-electron chi connectivity index (χ2n) is 6.52. The van der Waals surface area contributed by atoms with Gasteiger partial charge < -0.3 is 19.9 Å². The van der Waals surface area contributed by atoms with E-state index in [4.69, 9.17) is 4.74 Å². The summed E-state index contributed by atoms with van der Waals surface area (Å²) < 4.78 is 5.48. The molecule has 3 aliphatic rings. The normalized spacial score (nSPS) is 27.1. The molecule has 20 heavy (non-hydrogen) atoms. The van der Waals surface area contributed by atoms with Gasteiger partial charge in [-0.25, -0.2) is 0 Å². The van der Waals surface area contributed by atoms with Gasteiger partial charge in [0.1, 0.15) is 0 Å². The molecular formula is C15H27N3O2. The molecule has 3 fully saturated rings. The topological polar surface area (TPSA) is 44.8 Å². The van der Waals surface area contributed by atoms with Crippen LogP contribution in [0.15, 0.2) is 0 Å². The summed E-state index contributed by atoms with van der Waals surface area (Å²) in [5.74, 6) is 0.333. The minimum atomic E-state index is 0.333. The van der Waals surface area contributed by atoms with Crippen molar-refractivity contribution in [2.24, 2.45) is 5.41 Å². The van der Waals surface area contributed by atoms with Gasteiger partial charge in [0, 0.05) is 58.9 Å². The van der Waals surface area contributed by atoms with E-state index in [2.05, 4.69) is 10.2 Å². The molecule has 0 unspecified atom stereocenters. The highest BCUT2D eigenvalue weighted by Gasteiger charge is 2.39. The maximum absolute atomic E-state index is 12.2. The maximum atomic E-state index is 12.2. The van der Waals surface area contributed by atoms with Gasteiger partial charge in [-0.05, 0) is 31.2 Å². The van der Waals surface area contributed by atoms with Crippen molar-refractivity contribution in [3.63, 3.8) is 0 Å². The first-order chi connectivity index (χ1) is 9.77. The second-order valence-corrected chi connectivity index (χ2v) is 6.52. The molecule has 3 aliphatic heterocycles. The standard InChI is InChI=1S/C15H27N3O2/c19-14(18-9-5-16-6-10-18)1-7-17-8-2-15(13-17)3-11-20-12-4-15/h16H,1-13H2. The summed E-state index contributed by atoms with van der Waals surface area (Å²) in [7, 11) is 0. The van der Waals surface area contributed by atoms with Crippen LogP contribution in [0, 0.1) is 5.41 Å². The molecule has 114 valence electrons. The van der Waals surface area contributed by atoms with Crippen molar-refractivity contribution in [2.75, 3.05) is 59.0 Å². The van der Waals surface area contributed by atoms with E-state index >= 15 is 0 Å². The predicted octanol–water partition coefficient (Wildman–Crippen LogP) is 0.311. The van der Waals surface area contributed by atoms with Gasteiger partial charge >= 0.3 is 0 Å². The minimum absolute atomic E-state index is 0.333. The van der Waals surface area contributed by atoms with Gasteiger partial charge in [-0.15, -0.1) is 0 Å². The average molecular weight is 281 g/mol. The monoisotopic (exact) mass is 281 g/mol. The molecule has 0 radical (unpaired) electrons. The Hall–Kier alpha value is -0.650. The van der Waals surface area contributed by atoms with Crippen molar-refractivity contribution < 1.29 is 9.53 Å². The number of nitrogens with zero attached hydrogens (tertiary/aromatic N) is 2. The Bertz CT molecular complexity index is 336. The molecule has 5 heteroatoms. The first-order valence-electron chi connectivity index (χ1n) is 8.06. The van der Waals surface area contributed by atoms with Crippen LogP contribution >= 0.6 is 0 Å².